The molecule has 0 saturated carbocycles. The highest BCUT2D eigenvalue weighted by molar-refractivity contribution is 7.10. The van der Waals surface area contributed by atoms with Gasteiger partial charge in [-0.1, -0.05) is 6.07 Å². The Morgan fingerprint density at radius 1 is 1.39 bits per heavy atom. The van der Waals surface area contributed by atoms with E-state index in [1.165, 1.54) is 29.8 Å². The largest absolute Gasteiger partial charge is 0.435 e. The summed E-state index contributed by atoms with van der Waals surface area (Å²) in [6.45, 7) is 0. The second-order valence-corrected chi connectivity index (χ2v) is 5.49. The molecule has 23 heavy (non-hydrogen) atoms. The van der Waals surface area contributed by atoms with E-state index in [1.807, 2.05) is 17.5 Å². The van der Waals surface area contributed by atoms with Crippen LogP contribution in [-0.2, 0) is 11.0 Å². The Morgan fingerprint density at radius 3 is 2.91 bits per heavy atom. The molecule has 9 heteroatoms. The van der Waals surface area contributed by atoms with E-state index in [1.54, 1.807) is 6.08 Å². The minimum absolute atomic E-state index is 0.0458. The van der Waals surface area contributed by atoms with Crippen LogP contribution in [0.1, 0.15) is 10.6 Å². The molecule has 5 nitrogen and oxygen atoms in total. The first kappa shape index (κ1) is 15.2. The molecule has 0 aliphatic heterocycles. The van der Waals surface area contributed by atoms with Crippen LogP contribution in [0.3, 0.4) is 0 Å². The molecule has 0 aliphatic rings. The van der Waals surface area contributed by atoms with Gasteiger partial charge in [-0.15, -0.1) is 11.3 Å². The fraction of sp³-hybridized carbons (Fsp3) is 0.0714. The van der Waals surface area contributed by atoms with Gasteiger partial charge < -0.3 is 5.32 Å². The lowest BCUT2D eigenvalue weighted by molar-refractivity contribution is -0.141. The van der Waals surface area contributed by atoms with Gasteiger partial charge in [-0.05, 0) is 17.5 Å². The van der Waals surface area contributed by atoms with E-state index in [0.29, 0.717) is 0 Å². The zero-order valence-corrected chi connectivity index (χ0v) is 12.2. The van der Waals surface area contributed by atoms with Crippen LogP contribution in [0.25, 0.3) is 11.7 Å². The molecular weight excluding hydrogens is 329 g/mol. The molecule has 3 aromatic rings. The molecule has 0 fully saturated rings. The number of anilines is 1. The lowest BCUT2D eigenvalue weighted by atomic mass is 10.4. The summed E-state index contributed by atoms with van der Waals surface area (Å²) in [5.41, 5.74) is -0.745. The number of carbonyl (C=O) groups excluding carboxylic acids is 1. The zero-order chi connectivity index (χ0) is 16.4. The average Bonchev–Trinajstić information content (AvgIpc) is 3.13. The molecule has 0 unspecified atom stereocenters. The fourth-order valence-corrected chi connectivity index (χ4v) is 2.43. The van der Waals surface area contributed by atoms with Crippen molar-refractivity contribution < 1.29 is 18.0 Å². The highest BCUT2D eigenvalue weighted by Crippen LogP contribution is 2.28. The number of hydrogen-bond acceptors (Lipinski definition) is 4. The minimum Gasteiger partial charge on any atom is -0.320 e. The number of hydrogen-bond donors (Lipinski definition) is 1. The number of nitrogens with one attached hydrogen (secondary N) is 1. The lowest BCUT2D eigenvalue weighted by Crippen LogP contribution is -2.09. The van der Waals surface area contributed by atoms with Gasteiger partial charge in [0.1, 0.15) is 0 Å². The third-order valence-corrected chi connectivity index (χ3v) is 3.65. The first-order valence-corrected chi connectivity index (χ1v) is 7.25. The van der Waals surface area contributed by atoms with Gasteiger partial charge in [-0.2, -0.15) is 18.3 Å². The second kappa shape index (κ2) is 5.84. The van der Waals surface area contributed by atoms with Crippen molar-refractivity contribution in [2.75, 3.05) is 5.32 Å². The van der Waals surface area contributed by atoms with Crippen molar-refractivity contribution in [2.24, 2.45) is 0 Å². The van der Waals surface area contributed by atoms with Gasteiger partial charge >= 0.3 is 6.18 Å². The van der Waals surface area contributed by atoms with Crippen LogP contribution < -0.4 is 5.32 Å². The SMILES string of the molecule is O=C(/C=C/c1cccs1)Nc1cnc2cc(C(F)(F)F)nn2c1. The molecule has 3 heterocycles. The smallest absolute Gasteiger partial charge is 0.320 e. The van der Waals surface area contributed by atoms with Gasteiger partial charge in [0.25, 0.3) is 0 Å². The molecule has 1 N–H and O–H groups in total. The molecule has 118 valence electrons. The Kier molecular flexibility index (Phi) is 3.87. The standard InChI is InChI=1S/C14H9F3N4OS/c15-14(16,17)11-6-12-18-7-9(8-21(12)20-11)19-13(22)4-3-10-2-1-5-23-10/h1-8H,(H,19,22)/b4-3+. The highest BCUT2D eigenvalue weighted by atomic mass is 32.1. The first-order chi connectivity index (χ1) is 10.9. The Morgan fingerprint density at radius 2 is 2.22 bits per heavy atom. The number of halogens is 3. The van der Waals surface area contributed by atoms with Gasteiger partial charge in [0.05, 0.1) is 18.1 Å². The number of amides is 1. The molecule has 0 bridgehead atoms. The van der Waals surface area contributed by atoms with Crippen molar-refractivity contribution in [1.29, 1.82) is 0 Å². The first-order valence-electron chi connectivity index (χ1n) is 6.37. The molecule has 0 saturated heterocycles. The van der Waals surface area contributed by atoms with Crippen LogP contribution in [0.2, 0.25) is 0 Å². The van der Waals surface area contributed by atoms with Gasteiger partial charge in [0.2, 0.25) is 5.91 Å². The Labute approximate surface area is 132 Å². The number of carbonyl (C=O) groups is 1. The number of alkyl halides is 3. The lowest BCUT2D eigenvalue weighted by Gasteiger charge is -2.02. The van der Waals surface area contributed by atoms with E-state index in [9.17, 15) is 18.0 Å². The topological polar surface area (TPSA) is 59.3 Å². The summed E-state index contributed by atoms with van der Waals surface area (Å²) in [7, 11) is 0. The van der Waals surface area contributed by atoms with Gasteiger partial charge in [-0.3, -0.25) is 4.79 Å². The third-order valence-electron chi connectivity index (χ3n) is 2.81. The van der Waals surface area contributed by atoms with Crippen LogP contribution in [0.5, 0.6) is 0 Å². The molecule has 0 radical (unpaired) electrons. The second-order valence-electron chi connectivity index (χ2n) is 4.51. The quantitative estimate of drug-likeness (QED) is 0.744. The Bertz CT molecular complexity index is 868. The van der Waals surface area contributed by atoms with Crippen LogP contribution in [0, 0.1) is 0 Å². The summed E-state index contributed by atoms with van der Waals surface area (Å²) in [5, 5.41) is 7.80. The summed E-state index contributed by atoms with van der Waals surface area (Å²) in [4.78, 5) is 16.5. The molecule has 3 rings (SSSR count). The summed E-state index contributed by atoms with van der Waals surface area (Å²) in [6.07, 6.45) is 0.977. The van der Waals surface area contributed by atoms with Crippen molar-refractivity contribution in [2.45, 2.75) is 6.18 Å². The maximum Gasteiger partial charge on any atom is 0.435 e. The maximum absolute atomic E-state index is 12.6. The van der Waals surface area contributed by atoms with E-state index in [0.717, 1.165) is 15.5 Å². The number of nitrogens with zero attached hydrogens (tertiary/aromatic N) is 3. The Balaban J connectivity index is 1.76. The van der Waals surface area contributed by atoms with Crippen molar-refractivity contribution in [1.82, 2.24) is 14.6 Å². The van der Waals surface area contributed by atoms with Crippen molar-refractivity contribution in [3.05, 3.63) is 52.6 Å². The van der Waals surface area contributed by atoms with Gasteiger partial charge in [0, 0.05) is 17.0 Å². The zero-order valence-electron chi connectivity index (χ0n) is 11.4. The Hall–Kier alpha value is -2.68. The van der Waals surface area contributed by atoms with Crippen LogP contribution >= 0.6 is 11.3 Å². The summed E-state index contributed by atoms with van der Waals surface area (Å²) < 4.78 is 38.7. The number of thiophene rings is 1. The number of fused-ring (bicyclic) bond motifs is 1. The average molecular weight is 338 g/mol. The van der Waals surface area contributed by atoms with Crippen LogP contribution in [-0.4, -0.2) is 20.5 Å². The third kappa shape index (κ3) is 3.57. The number of rotatable bonds is 3. The maximum atomic E-state index is 12.6. The van der Waals surface area contributed by atoms with E-state index < -0.39 is 17.8 Å². The predicted octanol–water partition coefficient (Wildman–Crippen LogP) is 3.46. The van der Waals surface area contributed by atoms with Crippen molar-refractivity contribution >= 4 is 34.7 Å². The molecule has 0 aromatic carbocycles. The summed E-state index contributed by atoms with van der Waals surface area (Å²) in [6, 6.07) is 4.54. The molecule has 3 aromatic heterocycles. The van der Waals surface area contributed by atoms with Gasteiger partial charge in [-0.25, -0.2) is 9.50 Å². The van der Waals surface area contributed by atoms with Crippen LogP contribution in [0.4, 0.5) is 18.9 Å². The fourth-order valence-electron chi connectivity index (χ4n) is 1.81. The van der Waals surface area contributed by atoms with E-state index >= 15 is 0 Å². The molecular formula is C14H9F3N4OS. The monoisotopic (exact) mass is 338 g/mol. The molecule has 1 amide bonds. The minimum atomic E-state index is -4.54. The summed E-state index contributed by atoms with van der Waals surface area (Å²) in [5.74, 6) is -0.414. The summed E-state index contributed by atoms with van der Waals surface area (Å²) >= 11 is 1.48. The highest BCUT2D eigenvalue weighted by Gasteiger charge is 2.34. The van der Waals surface area contributed by atoms with Crippen molar-refractivity contribution in [3.63, 3.8) is 0 Å². The van der Waals surface area contributed by atoms with E-state index in [2.05, 4.69) is 15.4 Å². The molecule has 0 spiro atoms. The van der Waals surface area contributed by atoms with Crippen molar-refractivity contribution in [3.8, 4) is 0 Å². The molecule has 0 atom stereocenters. The van der Waals surface area contributed by atoms with Crippen LogP contribution in [0.15, 0.2) is 42.0 Å². The van der Waals surface area contributed by atoms with E-state index in [-0.39, 0.29) is 11.3 Å². The predicted molar refractivity (Wildman–Crippen MR) is 80.0 cm³/mol. The molecule has 0 aliphatic carbocycles. The normalized spacial score (nSPS) is 12.1. The van der Waals surface area contributed by atoms with E-state index in [4.69, 9.17) is 0 Å². The van der Waals surface area contributed by atoms with Gasteiger partial charge in [0.15, 0.2) is 11.3 Å². The number of aromatic nitrogens is 3.